The zero-order valence-corrected chi connectivity index (χ0v) is 9.04. The molecule has 1 aromatic rings. The average molecular weight is 248 g/mol. The predicted octanol–water partition coefficient (Wildman–Crippen LogP) is 1.33. The second-order valence-electron chi connectivity index (χ2n) is 3.22. The number of carbonyl (C=O) groups is 1. The van der Waals surface area contributed by atoms with Gasteiger partial charge >= 0.3 is 5.97 Å². The molecule has 0 aliphatic rings. The van der Waals surface area contributed by atoms with E-state index in [2.05, 4.69) is 9.72 Å². The largest absolute Gasteiger partial charge is 0.469 e. The first-order chi connectivity index (χ1) is 7.99. The molecule has 0 aliphatic heterocycles. The Labute approximate surface area is 95.6 Å². The molecule has 1 rings (SSSR count). The molecule has 17 heavy (non-hydrogen) atoms. The van der Waals surface area contributed by atoms with E-state index < -0.39 is 23.9 Å². The lowest BCUT2D eigenvalue weighted by Crippen LogP contribution is -2.14. The molecule has 0 unspecified atom stereocenters. The summed E-state index contributed by atoms with van der Waals surface area (Å²) in [5.74, 6) is -1.77. The van der Waals surface area contributed by atoms with Gasteiger partial charge in [-0.05, 0) is 5.56 Å². The molecular formula is C10H11F3N2O2. The van der Waals surface area contributed by atoms with E-state index in [0.717, 1.165) is 7.11 Å². The van der Waals surface area contributed by atoms with Crippen molar-refractivity contribution in [1.29, 1.82) is 0 Å². The van der Waals surface area contributed by atoms with Crippen LogP contribution in [0.4, 0.5) is 13.2 Å². The molecule has 0 fully saturated rings. The van der Waals surface area contributed by atoms with Gasteiger partial charge in [0.15, 0.2) is 0 Å². The molecule has 0 saturated carbocycles. The third-order valence-corrected chi connectivity index (χ3v) is 2.19. The number of esters is 1. The molecule has 94 valence electrons. The highest BCUT2D eigenvalue weighted by Gasteiger charge is 2.20. The third-order valence-electron chi connectivity index (χ3n) is 2.19. The lowest BCUT2D eigenvalue weighted by Gasteiger charge is -2.11. The van der Waals surface area contributed by atoms with Crippen LogP contribution in [0, 0.1) is 5.95 Å². The van der Waals surface area contributed by atoms with E-state index in [9.17, 15) is 18.0 Å². The van der Waals surface area contributed by atoms with Gasteiger partial charge in [0.05, 0.1) is 19.2 Å². The van der Waals surface area contributed by atoms with E-state index in [4.69, 9.17) is 5.73 Å². The zero-order chi connectivity index (χ0) is 13.0. The van der Waals surface area contributed by atoms with Crippen LogP contribution in [-0.2, 0) is 22.5 Å². The van der Waals surface area contributed by atoms with Crippen LogP contribution in [0.5, 0.6) is 0 Å². The molecule has 4 nitrogen and oxygen atoms in total. The number of methoxy groups -OCH3 is 1. The van der Waals surface area contributed by atoms with Crippen LogP contribution in [0.15, 0.2) is 6.07 Å². The van der Waals surface area contributed by atoms with Crippen LogP contribution < -0.4 is 5.73 Å². The summed E-state index contributed by atoms with van der Waals surface area (Å²) in [7, 11) is 1.14. The van der Waals surface area contributed by atoms with Crippen molar-refractivity contribution in [3.63, 3.8) is 0 Å². The van der Waals surface area contributed by atoms with Gasteiger partial charge in [-0.2, -0.15) is 4.39 Å². The first-order valence-corrected chi connectivity index (χ1v) is 4.72. The number of halogens is 3. The number of rotatable bonds is 4. The van der Waals surface area contributed by atoms with Crippen LogP contribution in [0.3, 0.4) is 0 Å². The molecule has 1 aromatic heterocycles. The molecule has 0 aliphatic carbocycles. The number of nitrogens with zero attached hydrogens (tertiary/aromatic N) is 1. The van der Waals surface area contributed by atoms with E-state index in [0.29, 0.717) is 6.07 Å². The van der Waals surface area contributed by atoms with Gasteiger partial charge in [0.25, 0.3) is 6.43 Å². The van der Waals surface area contributed by atoms with Crippen LogP contribution in [0.25, 0.3) is 0 Å². The second kappa shape index (κ2) is 5.62. The fraction of sp³-hybridized carbons (Fsp3) is 0.400. The molecule has 7 heteroatoms. The maximum atomic E-state index is 13.0. The zero-order valence-electron chi connectivity index (χ0n) is 9.04. The highest BCUT2D eigenvalue weighted by Crippen LogP contribution is 2.25. The number of ether oxygens (including phenoxy) is 1. The maximum absolute atomic E-state index is 13.0. The fourth-order valence-electron chi connectivity index (χ4n) is 1.40. The summed E-state index contributed by atoms with van der Waals surface area (Å²) in [4.78, 5) is 14.4. The predicted molar refractivity (Wildman–Crippen MR) is 52.8 cm³/mol. The molecular weight excluding hydrogens is 237 g/mol. The Bertz CT molecular complexity index is 424. The van der Waals surface area contributed by atoms with Gasteiger partial charge in [0, 0.05) is 18.2 Å². The summed E-state index contributed by atoms with van der Waals surface area (Å²) in [6.07, 6.45) is -3.26. The highest BCUT2D eigenvalue weighted by atomic mass is 19.3. The summed E-state index contributed by atoms with van der Waals surface area (Å²) >= 11 is 0. The molecule has 0 radical (unpaired) electrons. The van der Waals surface area contributed by atoms with Gasteiger partial charge in [-0.1, -0.05) is 0 Å². The third kappa shape index (κ3) is 3.16. The van der Waals surface area contributed by atoms with Crippen molar-refractivity contribution < 1.29 is 22.7 Å². The summed E-state index contributed by atoms with van der Waals surface area (Å²) in [5.41, 5.74) is 4.63. The first-order valence-electron chi connectivity index (χ1n) is 4.72. The summed E-state index contributed by atoms with van der Waals surface area (Å²) in [6, 6.07) is 0.619. The first kappa shape index (κ1) is 13.4. The highest BCUT2D eigenvalue weighted by molar-refractivity contribution is 5.72. The molecule has 0 saturated heterocycles. The summed E-state index contributed by atoms with van der Waals surface area (Å²) in [5, 5.41) is 0. The van der Waals surface area contributed by atoms with Crippen molar-refractivity contribution in [2.45, 2.75) is 19.4 Å². The van der Waals surface area contributed by atoms with Crippen molar-refractivity contribution in [2.24, 2.45) is 5.73 Å². The molecule has 0 bridgehead atoms. The van der Waals surface area contributed by atoms with Gasteiger partial charge in [-0.25, -0.2) is 13.8 Å². The lowest BCUT2D eigenvalue weighted by atomic mass is 10.0. The number of alkyl halides is 2. The fourth-order valence-corrected chi connectivity index (χ4v) is 1.40. The van der Waals surface area contributed by atoms with Gasteiger partial charge in [-0.15, -0.1) is 0 Å². The molecule has 0 atom stereocenters. The van der Waals surface area contributed by atoms with Crippen LogP contribution in [0.1, 0.15) is 23.2 Å². The van der Waals surface area contributed by atoms with Crippen LogP contribution in [-0.4, -0.2) is 18.1 Å². The molecule has 0 spiro atoms. The standard InChI is InChI=1S/C10H11F3N2O2/c1-17-9(16)3-7-6(4-14)5(10(12)13)2-8(11)15-7/h2,10H,3-4,14H2,1H3. The Balaban J connectivity index is 3.23. The molecule has 1 heterocycles. The topological polar surface area (TPSA) is 65.2 Å². The summed E-state index contributed by atoms with van der Waals surface area (Å²) < 4.78 is 42.6. The summed E-state index contributed by atoms with van der Waals surface area (Å²) in [6.45, 7) is -0.251. The quantitative estimate of drug-likeness (QED) is 0.645. The minimum Gasteiger partial charge on any atom is -0.469 e. The molecule has 0 amide bonds. The average Bonchev–Trinajstić information content (AvgIpc) is 2.28. The van der Waals surface area contributed by atoms with Crippen molar-refractivity contribution in [3.05, 3.63) is 28.8 Å². The molecule has 0 aromatic carbocycles. The van der Waals surface area contributed by atoms with E-state index >= 15 is 0 Å². The van der Waals surface area contributed by atoms with E-state index in [1.165, 1.54) is 0 Å². The van der Waals surface area contributed by atoms with E-state index in [1.54, 1.807) is 0 Å². The Morgan fingerprint density at radius 2 is 2.24 bits per heavy atom. The van der Waals surface area contributed by atoms with Crippen LogP contribution >= 0.6 is 0 Å². The van der Waals surface area contributed by atoms with Crippen molar-refractivity contribution in [2.75, 3.05) is 7.11 Å². The second-order valence-corrected chi connectivity index (χ2v) is 3.22. The Hall–Kier alpha value is -1.63. The SMILES string of the molecule is COC(=O)Cc1nc(F)cc(C(F)F)c1CN. The Kier molecular flexibility index (Phi) is 4.45. The normalized spacial score (nSPS) is 10.7. The smallest absolute Gasteiger partial charge is 0.311 e. The monoisotopic (exact) mass is 248 g/mol. The minimum absolute atomic E-state index is 0.0215. The number of hydrogen-bond donors (Lipinski definition) is 1. The number of carbonyl (C=O) groups excluding carboxylic acids is 1. The maximum Gasteiger partial charge on any atom is 0.311 e. The number of nitrogens with two attached hydrogens (primary N) is 1. The number of aromatic nitrogens is 1. The lowest BCUT2D eigenvalue weighted by molar-refractivity contribution is -0.139. The van der Waals surface area contributed by atoms with Gasteiger partial charge in [0.1, 0.15) is 0 Å². The van der Waals surface area contributed by atoms with Crippen molar-refractivity contribution >= 4 is 5.97 Å². The minimum atomic E-state index is -2.87. The van der Waals surface area contributed by atoms with Crippen LogP contribution in [0.2, 0.25) is 0 Å². The van der Waals surface area contributed by atoms with Gasteiger partial charge in [0.2, 0.25) is 5.95 Å². The Morgan fingerprint density at radius 1 is 1.59 bits per heavy atom. The molecule has 2 N–H and O–H groups in total. The number of hydrogen-bond acceptors (Lipinski definition) is 4. The number of pyridine rings is 1. The van der Waals surface area contributed by atoms with Crippen molar-refractivity contribution in [3.8, 4) is 0 Å². The Morgan fingerprint density at radius 3 is 2.71 bits per heavy atom. The van der Waals surface area contributed by atoms with Gasteiger partial charge < -0.3 is 10.5 Å². The van der Waals surface area contributed by atoms with Crippen molar-refractivity contribution in [1.82, 2.24) is 4.98 Å². The van der Waals surface area contributed by atoms with E-state index in [-0.39, 0.29) is 24.2 Å². The van der Waals surface area contributed by atoms with E-state index in [1.807, 2.05) is 0 Å². The van der Waals surface area contributed by atoms with Gasteiger partial charge in [-0.3, -0.25) is 4.79 Å².